The van der Waals surface area contributed by atoms with Crippen molar-refractivity contribution in [2.24, 2.45) is 0 Å². The molecule has 31 heavy (non-hydrogen) atoms. The number of anilines is 1. The van der Waals surface area contributed by atoms with Crippen LogP contribution >= 0.6 is 0 Å². The van der Waals surface area contributed by atoms with Crippen molar-refractivity contribution in [3.63, 3.8) is 0 Å². The highest BCUT2D eigenvalue weighted by Crippen LogP contribution is 2.39. The van der Waals surface area contributed by atoms with Crippen molar-refractivity contribution in [2.45, 2.75) is 51.1 Å². The molecule has 8 heteroatoms. The molecule has 7 nitrogen and oxygen atoms in total. The molecule has 0 atom stereocenters. The molecular formula is C23H27FN6O. The first-order valence-electron chi connectivity index (χ1n) is 10.5. The molecule has 4 rings (SSSR count). The van der Waals surface area contributed by atoms with Crippen LogP contribution in [0.2, 0.25) is 0 Å². The van der Waals surface area contributed by atoms with Crippen LogP contribution in [0.15, 0.2) is 42.9 Å². The van der Waals surface area contributed by atoms with Gasteiger partial charge in [-0.1, -0.05) is 0 Å². The van der Waals surface area contributed by atoms with Crippen LogP contribution in [-0.4, -0.2) is 38.0 Å². The zero-order valence-electron chi connectivity index (χ0n) is 18.0. The van der Waals surface area contributed by atoms with Crippen LogP contribution in [0.4, 0.5) is 10.3 Å². The average Bonchev–Trinajstić information content (AvgIpc) is 3.19. The Hall–Kier alpha value is -3.29. The largest absolute Gasteiger partial charge is 0.357 e. The zero-order chi connectivity index (χ0) is 22.0. The predicted octanol–water partition coefficient (Wildman–Crippen LogP) is 4.20. The third kappa shape index (κ3) is 4.42. The number of benzene rings is 1. The Morgan fingerprint density at radius 3 is 2.52 bits per heavy atom. The molecule has 1 amide bonds. The van der Waals surface area contributed by atoms with E-state index in [0.29, 0.717) is 5.95 Å². The van der Waals surface area contributed by atoms with Gasteiger partial charge in [-0.2, -0.15) is 0 Å². The Morgan fingerprint density at radius 1 is 1.16 bits per heavy atom. The van der Waals surface area contributed by atoms with Crippen molar-refractivity contribution in [3.8, 4) is 22.6 Å². The zero-order valence-corrected chi connectivity index (χ0v) is 18.0. The number of nitrogens with zero attached hydrogens (tertiary/aromatic N) is 4. The standard InChI is InChI=1S/C23H27FN6O/c1-15(31)29-23(2)11-8-18(9-12-23)30-14-27-20(16-4-6-17(24)7-5-16)21(30)19-10-13-26-22(25-3)28-19/h4-7,10,13-14,18H,8-9,11-12H2,1-3H3,(H,29,31)(H,25,26,28). The first kappa shape index (κ1) is 21.0. The summed E-state index contributed by atoms with van der Waals surface area (Å²) in [5, 5.41) is 6.08. The fraction of sp³-hybridized carbons (Fsp3) is 0.391. The minimum absolute atomic E-state index is 0.00319. The van der Waals surface area contributed by atoms with Gasteiger partial charge in [-0.3, -0.25) is 4.79 Å². The summed E-state index contributed by atoms with van der Waals surface area (Å²) in [5.41, 5.74) is 3.05. The summed E-state index contributed by atoms with van der Waals surface area (Å²) in [7, 11) is 1.78. The number of nitrogens with one attached hydrogen (secondary N) is 2. The Kier molecular flexibility index (Phi) is 5.71. The maximum Gasteiger partial charge on any atom is 0.222 e. The quantitative estimate of drug-likeness (QED) is 0.644. The number of hydrogen-bond donors (Lipinski definition) is 2. The van der Waals surface area contributed by atoms with Crippen molar-refractivity contribution in [3.05, 3.63) is 48.7 Å². The molecule has 162 valence electrons. The summed E-state index contributed by atoms with van der Waals surface area (Å²) in [6, 6.07) is 8.45. The molecular weight excluding hydrogens is 395 g/mol. The van der Waals surface area contributed by atoms with Crippen LogP contribution in [0.1, 0.15) is 45.6 Å². The van der Waals surface area contributed by atoms with Crippen molar-refractivity contribution < 1.29 is 9.18 Å². The van der Waals surface area contributed by atoms with E-state index < -0.39 is 0 Å². The predicted molar refractivity (Wildman–Crippen MR) is 118 cm³/mol. The van der Waals surface area contributed by atoms with Gasteiger partial charge in [0.1, 0.15) is 5.82 Å². The van der Waals surface area contributed by atoms with Gasteiger partial charge in [0.2, 0.25) is 11.9 Å². The molecule has 0 unspecified atom stereocenters. The maximum atomic E-state index is 13.5. The van der Waals surface area contributed by atoms with Gasteiger partial charge in [-0.15, -0.1) is 0 Å². The Morgan fingerprint density at radius 2 is 1.87 bits per heavy atom. The van der Waals surface area contributed by atoms with E-state index in [4.69, 9.17) is 4.98 Å². The number of rotatable bonds is 5. The number of imidazole rings is 1. The van der Waals surface area contributed by atoms with E-state index in [1.54, 1.807) is 32.3 Å². The monoisotopic (exact) mass is 422 g/mol. The maximum absolute atomic E-state index is 13.5. The van der Waals surface area contributed by atoms with Gasteiger partial charge in [0, 0.05) is 37.3 Å². The highest BCUT2D eigenvalue weighted by atomic mass is 19.1. The molecule has 3 aromatic rings. The molecule has 0 aliphatic heterocycles. The van der Waals surface area contributed by atoms with E-state index in [-0.39, 0.29) is 23.3 Å². The van der Waals surface area contributed by atoms with Crippen LogP contribution in [0.5, 0.6) is 0 Å². The van der Waals surface area contributed by atoms with E-state index in [0.717, 1.165) is 48.3 Å². The Balaban J connectivity index is 1.73. The molecule has 1 aromatic carbocycles. The van der Waals surface area contributed by atoms with E-state index in [1.807, 2.05) is 12.4 Å². The number of halogens is 1. The van der Waals surface area contributed by atoms with Crippen molar-refractivity contribution >= 4 is 11.9 Å². The van der Waals surface area contributed by atoms with E-state index in [2.05, 4.69) is 32.1 Å². The first-order chi connectivity index (χ1) is 14.9. The molecule has 1 aliphatic carbocycles. The second-order valence-electron chi connectivity index (χ2n) is 8.34. The topological polar surface area (TPSA) is 84.7 Å². The number of amides is 1. The average molecular weight is 423 g/mol. The number of carbonyl (C=O) groups excluding carboxylic acids is 1. The van der Waals surface area contributed by atoms with Crippen LogP contribution in [0.25, 0.3) is 22.6 Å². The van der Waals surface area contributed by atoms with Gasteiger partial charge in [0.15, 0.2) is 0 Å². The van der Waals surface area contributed by atoms with Gasteiger partial charge >= 0.3 is 0 Å². The molecule has 0 spiro atoms. The number of aromatic nitrogens is 4. The lowest BCUT2D eigenvalue weighted by molar-refractivity contribution is -0.121. The normalized spacial score (nSPS) is 21.0. The lowest BCUT2D eigenvalue weighted by Crippen LogP contribution is -2.47. The van der Waals surface area contributed by atoms with E-state index in [1.165, 1.54) is 12.1 Å². The minimum atomic E-state index is -0.284. The second-order valence-corrected chi connectivity index (χ2v) is 8.34. The molecule has 1 aliphatic rings. The van der Waals surface area contributed by atoms with Crippen molar-refractivity contribution in [2.75, 3.05) is 12.4 Å². The van der Waals surface area contributed by atoms with E-state index >= 15 is 0 Å². The summed E-state index contributed by atoms with van der Waals surface area (Å²) in [4.78, 5) is 25.2. The third-order valence-electron chi connectivity index (χ3n) is 5.96. The fourth-order valence-corrected chi connectivity index (χ4v) is 4.39. The van der Waals surface area contributed by atoms with Gasteiger partial charge in [-0.05, 0) is 62.9 Å². The molecule has 1 fully saturated rings. The van der Waals surface area contributed by atoms with Crippen molar-refractivity contribution in [1.29, 1.82) is 0 Å². The van der Waals surface area contributed by atoms with Crippen LogP contribution < -0.4 is 10.6 Å². The highest BCUT2D eigenvalue weighted by molar-refractivity contribution is 5.77. The Labute approximate surface area is 181 Å². The second kappa shape index (κ2) is 8.45. The van der Waals surface area contributed by atoms with E-state index in [9.17, 15) is 9.18 Å². The van der Waals surface area contributed by atoms with Gasteiger partial charge < -0.3 is 15.2 Å². The molecule has 0 saturated heterocycles. The lowest BCUT2D eigenvalue weighted by atomic mass is 9.80. The number of hydrogen-bond acceptors (Lipinski definition) is 5. The van der Waals surface area contributed by atoms with Gasteiger partial charge in [0.25, 0.3) is 0 Å². The fourth-order valence-electron chi connectivity index (χ4n) is 4.39. The summed E-state index contributed by atoms with van der Waals surface area (Å²) >= 11 is 0. The highest BCUT2D eigenvalue weighted by Gasteiger charge is 2.33. The third-order valence-corrected chi connectivity index (χ3v) is 5.96. The molecule has 2 N–H and O–H groups in total. The SMILES string of the molecule is CNc1nccc(-c2c(-c3ccc(F)cc3)ncn2C2CCC(C)(NC(C)=O)CC2)n1. The molecule has 2 heterocycles. The minimum Gasteiger partial charge on any atom is -0.357 e. The summed E-state index contributed by atoms with van der Waals surface area (Å²) in [5.74, 6) is 0.245. The molecule has 1 saturated carbocycles. The number of carbonyl (C=O) groups is 1. The Bertz CT molecular complexity index is 1070. The lowest BCUT2D eigenvalue weighted by Gasteiger charge is -2.38. The molecule has 2 aromatic heterocycles. The summed E-state index contributed by atoms with van der Waals surface area (Å²) < 4.78 is 15.7. The van der Waals surface area contributed by atoms with Gasteiger partial charge in [0.05, 0.1) is 23.4 Å². The summed E-state index contributed by atoms with van der Waals surface area (Å²) in [6.45, 7) is 3.67. The van der Waals surface area contributed by atoms with Crippen molar-refractivity contribution in [1.82, 2.24) is 24.8 Å². The smallest absolute Gasteiger partial charge is 0.222 e. The molecule has 0 radical (unpaired) electrons. The van der Waals surface area contributed by atoms with Gasteiger partial charge in [-0.25, -0.2) is 19.3 Å². The van der Waals surface area contributed by atoms with Crippen LogP contribution in [0, 0.1) is 5.82 Å². The summed E-state index contributed by atoms with van der Waals surface area (Å²) in [6.07, 6.45) is 7.15. The first-order valence-corrected chi connectivity index (χ1v) is 10.5. The molecule has 0 bridgehead atoms. The van der Waals surface area contributed by atoms with Crippen LogP contribution in [0.3, 0.4) is 0 Å². The van der Waals surface area contributed by atoms with Crippen LogP contribution in [-0.2, 0) is 4.79 Å².